The summed E-state index contributed by atoms with van der Waals surface area (Å²) in [5.74, 6) is 1.03. The van der Waals surface area contributed by atoms with E-state index in [-0.39, 0.29) is 11.6 Å². The van der Waals surface area contributed by atoms with E-state index >= 15 is 0 Å². The third kappa shape index (κ3) is 4.87. The molecule has 118 valence electrons. The maximum Gasteiger partial charge on any atom is 0.125 e. The average molecular weight is 312 g/mol. The lowest BCUT2D eigenvalue weighted by Gasteiger charge is -2.25. The molecule has 1 N–H and O–H groups in total. The second kappa shape index (κ2) is 6.99. The number of fused-ring (bicyclic) bond motifs is 1. The van der Waals surface area contributed by atoms with Crippen LogP contribution in [0.1, 0.15) is 38.8 Å². The van der Waals surface area contributed by atoms with Gasteiger partial charge in [-0.25, -0.2) is 0 Å². The van der Waals surface area contributed by atoms with Crippen LogP contribution in [0.4, 0.5) is 0 Å². The average Bonchev–Trinajstić information content (AvgIpc) is 2.83. The van der Waals surface area contributed by atoms with Gasteiger partial charge in [-0.3, -0.25) is 0 Å². The van der Waals surface area contributed by atoms with Gasteiger partial charge in [0.25, 0.3) is 0 Å². The fourth-order valence-electron chi connectivity index (χ4n) is 2.59. The normalized spacial score (nSPS) is 15.7. The Morgan fingerprint density at radius 2 is 2.14 bits per heavy atom. The Morgan fingerprint density at radius 3 is 2.81 bits per heavy atom. The number of nitrogens with one attached hydrogen (secondary N) is 1. The van der Waals surface area contributed by atoms with E-state index in [1.807, 2.05) is 12.1 Å². The van der Waals surface area contributed by atoms with Crippen LogP contribution < -0.4 is 10.1 Å². The van der Waals surface area contributed by atoms with Gasteiger partial charge in [0.1, 0.15) is 5.75 Å². The molecule has 1 atom stereocenters. The van der Waals surface area contributed by atoms with Gasteiger partial charge >= 0.3 is 0 Å². The molecule has 21 heavy (non-hydrogen) atoms. The lowest BCUT2D eigenvalue weighted by atomic mass is 10.0. The van der Waals surface area contributed by atoms with E-state index in [2.05, 4.69) is 33.0 Å². The number of likely N-dealkylation sites (N-methyl/N-ethyl adjacent to an activating group) is 1. The van der Waals surface area contributed by atoms with Crippen molar-refractivity contribution in [3.63, 3.8) is 0 Å². The molecule has 0 saturated heterocycles. The van der Waals surface area contributed by atoms with Gasteiger partial charge in [0, 0.05) is 17.5 Å². The van der Waals surface area contributed by atoms with Crippen molar-refractivity contribution in [2.45, 2.75) is 52.2 Å². The lowest BCUT2D eigenvalue weighted by Crippen LogP contribution is -2.38. The van der Waals surface area contributed by atoms with Crippen molar-refractivity contribution in [2.24, 2.45) is 0 Å². The first-order valence-electron chi connectivity index (χ1n) is 7.70. The van der Waals surface area contributed by atoms with Gasteiger partial charge in [-0.05, 0) is 57.0 Å². The Bertz CT molecular complexity index is 482. The van der Waals surface area contributed by atoms with E-state index in [1.165, 1.54) is 11.1 Å². The molecule has 1 unspecified atom stereocenters. The van der Waals surface area contributed by atoms with Crippen molar-refractivity contribution in [3.05, 3.63) is 28.3 Å². The summed E-state index contributed by atoms with van der Waals surface area (Å²) < 4.78 is 11.7. The lowest BCUT2D eigenvalue weighted by molar-refractivity contribution is -0.0142. The number of benzene rings is 1. The van der Waals surface area contributed by atoms with E-state index in [9.17, 15) is 0 Å². The minimum absolute atomic E-state index is 0.125. The third-order valence-corrected chi connectivity index (χ3v) is 3.72. The van der Waals surface area contributed by atoms with Crippen molar-refractivity contribution in [2.75, 3.05) is 19.8 Å². The summed E-state index contributed by atoms with van der Waals surface area (Å²) in [6, 6.07) is 4.30. The fraction of sp³-hybridized carbons (Fsp3) is 0.647. The first-order chi connectivity index (χ1) is 9.89. The molecule has 1 aromatic rings. The van der Waals surface area contributed by atoms with Crippen LogP contribution in [0.15, 0.2) is 12.1 Å². The monoisotopic (exact) mass is 311 g/mol. The maximum atomic E-state index is 6.23. The zero-order valence-electron chi connectivity index (χ0n) is 13.5. The molecule has 0 aromatic heterocycles. The highest BCUT2D eigenvalue weighted by Crippen LogP contribution is 2.33. The molecule has 0 bridgehead atoms. The minimum atomic E-state index is -0.125. The van der Waals surface area contributed by atoms with Crippen LogP contribution in [0.5, 0.6) is 5.75 Å². The molecule has 3 nitrogen and oxygen atoms in total. The number of halogens is 1. The fourth-order valence-corrected chi connectivity index (χ4v) is 2.86. The van der Waals surface area contributed by atoms with Crippen LogP contribution in [-0.4, -0.2) is 31.4 Å². The topological polar surface area (TPSA) is 30.5 Å². The van der Waals surface area contributed by atoms with Crippen LogP contribution in [-0.2, 0) is 17.6 Å². The molecule has 2 rings (SSSR count). The van der Waals surface area contributed by atoms with Crippen molar-refractivity contribution < 1.29 is 9.47 Å². The van der Waals surface area contributed by atoms with Crippen molar-refractivity contribution in [1.82, 2.24) is 5.32 Å². The number of ether oxygens (including phenoxy) is 2. The standard InChI is InChI=1S/C17H26ClNO2/c1-5-19-15(11-21-17(2,3)4)10-13-9-14(18)8-12-6-7-20-16(12)13/h8-9,15,19H,5-7,10-11H2,1-4H3. The summed E-state index contributed by atoms with van der Waals surface area (Å²) in [6.07, 6.45) is 1.82. The molecule has 0 aliphatic carbocycles. The molecular formula is C17H26ClNO2. The highest BCUT2D eigenvalue weighted by Gasteiger charge is 2.21. The Hall–Kier alpha value is -0.770. The zero-order chi connectivity index (χ0) is 15.5. The van der Waals surface area contributed by atoms with E-state index in [4.69, 9.17) is 21.1 Å². The molecule has 0 spiro atoms. The Morgan fingerprint density at radius 1 is 1.38 bits per heavy atom. The first kappa shape index (κ1) is 16.6. The molecule has 0 radical (unpaired) electrons. The van der Waals surface area contributed by atoms with E-state index in [0.717, 1.165) is 36.8 Å². The second-order valence-corrected chi connectivity index (χ2v) is 6.97. The quantitative estimate of drug-likeness (QED) is 0.870. The van der Waals surface area contributed by atoms with Gasteiger partial charge in [-0.15, -0.1) is 0 Å². The summed E-state index contributed by atoms with van der Waals surface area (Å²) in [5.41, 5.74) is 2.28. The number of hydrogen-bond donors (Lipinski definition) is 1. The summed E-state index contributed by atoms with van der Waals surface area (Å²) in [5, 5.41) is 4.28. The summed E-state index contributed by atoms with van der Waals surface area (Å²) in [7, 11) is 0. The number of hydrogen-bond acceptors (Lipinski definition) is 3. The molecule has 1 aromatic carbocycles. The van der Waals surface area contributed by atoms with Crippen LogP contribution in [0, 0.1) is 0 Å². The zero-order valence-corrected chi connectivity index (χ0v) is 14.2. The van der Waals surface area contributed by atoms with Crippen LogP contribution in [0.25, 0.3) is 0 Å². The van der Waals surface area contributed by atoms with Crippen LogP contribution in [0.2, 0.25) is 5.02 Å². The Kier molecular flexibility index (Phi) is 5.53. The summed E-state index contributed by atoms with van der Waals surface area (Å²) in [6.45, 7) is 10.7. The van der Waals surface area contributed by atoms with Gasteiger partial charge < -0.3 is 14.8 Å². The van der Waals surface area contributed by atoms with Crippen molar-refractivity contribution in [1.29, 1.82) is 0 Å². The first-order valence-corrected chi connectivity index (χ1v) is 8.08. The third-order valence-electron chi connectivity index (χ3n) is 3.50. The van der Waals surface area contributed by atoms with Crippen molar-refractivity contribution >= 4 is 11.6 Å². The minimum Gasteiger partial charge on any atom is -0.493 e. The maximum absolute atomic E-state index is 6.23. The largest absolute Gasteiger partial charge is 0.493 e. The van der Waals surface area contributed by atoms with Gasteiger partial charge in [-0.2, -0.15) is 0 Å². The predicted molar refractivity (Wildman–Crippen MR) is 87.5 cm³/mol. The Labute approximate surface area is 133 Å². The van der Waals surface area contributed by atoms with E-state index in [1.54, 1.807) is 0 Å². The molecule has 0 fully saturated rings. The smallest absolute Gasteiger partial charge is 0.125 e. The molecule has 4 heteroatoms. The highest BCUT2D eigenvalue weighted by atomic mass is 35.5. The van der Waals surface area contributed by atoms with E-state index < -0.39 is 0 Å². The van der Waals surface area contributed by atoms with Crippen molar-refractivity contribution in [3.8, 4) is 5.75 Å². The summed E-state index contributed by atoms with van der Waals surface area (Å²) >= 11 is 6.23. The van der Waals surface area contributed by atoms with Crippen LogP contribution >= 0.6 is 11.6 Å². The van der Waals surface area contributed by atoms with Gasteiger partial charge in [0.15, 0.2) is 0 Å². The van der Waals surface area contributed by atoms with Gasteiger partial charge in [0.2, 0.25) is 0 Å². The van der Waals surface area contributed by atoms with Gasteiger partial charge in [0.05, 0.1) is 18.8 Å². The predicted octanol–water partition coefficient (Wildman–Crippen LogP) is 3.61. The Balaban J connectivity index is 2.10. The summed E-state index contributed by atoms with van der Waals surface area (Å²) in [4.78, 5) is 0. The van der Waals surface area contributed by atoms with Gasteiger partial charge in [-0.1, -0.05) is 18.5 Å². The molecule has 1 heterocycles. The van der Waals surface area contributed by atoms with Crippen LogP contribution in [0.3, 0.4) is 0 Å². The molecular weight excluding hydrogens is 286 g/mol. The second-order valence-electron chi connectivity index (χ2n) is 6.53. The molecule has 1 aliphatic rings. The SMILES string of the molecule is CCNC(COC(C)(C)C)Cc1cc(Cl)cc2c1OCC2. The highest BCUT2D eigenvalue weighted by molar-refractivity contribution is 6.30. The van der Waals surface area contributed by atoms with E-state index in [0.29, 0.717) is 6.61 Å². The molecule has 0 amide bonds. The number of rotatable bonds is 6. The molecule has 0 saturated carbocycles. The molecule has 1 aliphatic heterocycles.